The number of rotatable bonds is 5. The molecule has 100 valence electrons. The van der Waals surface area contributed by atoms with Gasteiger partial charge in [-0.05, 0) is 19.8 Å². The molecule has 1 atom stereocenters. The maximum Gasteiger partial charge on any atom is 0.355 e. The van der Waals surface area contributed by atoms with Crippen molar-refractivity contribution in [2.75, 3.05) is 5.32 Å². The number of anilines is 1. The lowest BCUT2D eigenvalue weighted by molar-refractivity contribution is -0.123. The number of aromatic nitrogens is 1. The molecule has 1 heterocycles. The highest BCUT2D eigenvalue weighted by Gasteiger charge is 2.35. The first-order chi connectivity index (χ1) is 8.18. The molecule has 0 saturated heterocycles. The van der Waals surface area contributed by atoms with Gasteiger partial charge in [-0.1, -0.05) is 13.8 Å². The van der Waals surface area contributed by atoms with E-state index in [1.54, 1.807) is 13.8 Å². The van der Waals surface area contributed by atoms with Crippen molar-refractivity contribution in [1.82, 2.24) is 4.98 Å². The molecule has 0 aromatic carbocycles. The highest BCUT2D eigenvalue weighted by Crippen LogP contribution is 2.28. The summed E-state index contributed by atoms with van der Waals surface area (Å²) in [5, 5.41) is 12.2. The number of thiazole rings is 1. The molecule has 1 aromatic heterocycles. The van der Waals surface area contributed by atoms with E-state index in [1.807, 2.05) is 13.8 Å². The second-order valence-corrected chi connectivity index (χ2v) is 5.78. The monoisotopic (exact) mass is 271 g/mol. The van der Waals surface area contributed by atoms with Crippen molar-refractivity contribution in [1.29, 1.82) is 0 Å². The molecule has 1 unspecified atom stereocenters. The van der Waals surface area contributed by atoms with Gasteiger partial charge in [0.25, 0.3) is 0 Å². The van der Waals surface area contributed by atoms with Gasteiger partial charge >= 0.3 is 5.97 Å². The maximum absolute atomic E-state index is 11.5. The van der Waals surface area contributed by atoms with E-state index in [4.69, 9.17) is 10.8 Å². The summed E-state index contributed by atoms with van der Waals surface area (Å²) >= 11 is 1.19. The van der Waals surface area contributed by atoms with Crippen molar-refractivity contribution in [3.63, 3.8) is 0 Å². The quantitative estimate of drug-likeness (QED) is 0.752. The minimum atomic E-state index is -1.08. The number of aromatic carboxylic acids is 1. The van der Waals surface area contributed by atoms with Crippen LogP contribution in [-0.4, -0.2) is 27.5 Å². The van der Waals surface area contributed by atoms with Crippen molar-refractivity contribution in [3.8, 4) is 0 Å². The van der Waals surface area contributed by atoms with Crippen LogP contribution >= 0.6 is 11.3 Å². The molecule has 1 aromatic rings. The summed E-state index contributed by atoms with van der Waals surface area (Å²) in [4.78, 5) is 26.9. The second-order valence-electron chi connectivity index (χ2n) is 4.58. The van der Waals surface area contributed by atoms with E-state index in [9.17, 15) is 9.59 Å². The first-order valence-electron chi connectivity index (χ1n) is 5.47. The van der Waals surface area contributed by atoms with Crippen LogP contribution in [0, 0.1) is 12.8 Å². The average molecular weight is 271 g/mol. The molecule has 0 saturated carbocycles. The van der Waals surface area contributed by atoms with Crippen molar-refractivity contribution in [3.05, 3.63) is 10.6 Å². The highest BCUT2D eigenvalue weighted by molar-refractivity contribution is 7.15. The number of aryl methyl sites for hydroxylation is 1. The van der Waals surface area contributed by atoms with Crippen LogP contribution in [-0.2, 0) is 4.79 Å². The number of hydrogen-bond acceptors (Lipinski definition) is 5. The number of primary amides is 1. The summed E-state index contributed by atoms with van der Waals surface area (Å²) < 4.78 is 0. The van der Waals surface area contributed by atoms with Gasteiger partial charge < -0.3 is 16.2 Å². The molecule has 0 spiro atoms. The molecule has 0 aliphatic carbocycles. The van der Waals surface area contributed by atoms with Gasteiger partial charge in [0.05, 0.1) is 0 Å². The summed E-state index contributed by atoms with van der Waals surface area (Å²) in [6, 6.07) is 0. The summed E-state index contributed by atoms with van der Waals surface area (Å²) in [6.07, 6.45) is 0. The predicted molar refractivity (Wildman–Crippen MR) is 69.9 cm³/mol. The molecular weight excluding hydrogens is 254 g/mol. The summed E-state index contributed by atoms with van der Waals surface area (Å²) in [6.45, 7) is 7.06. The minimum Gasteiger partial charge on any atom is -0.476 e. The fraction of sp³-hybridized carbons (Fsp3) is 0.545. The molecule has 6 nitrogen and oxygen atoms in total. The molecule has 0 fully saturated rings. The molecule has 7 heteroatoms. The summed E-state index contributed by atoms with van der Waals surface area (Å²) in [5.41, 5.74) is 4.42. The average Bonchev–Trinajstić information content (AvgIpc) is 2.58. The molecular formula is C11H17N3O3S. The van der Waals surface area contributed by atoms with E-state index in [0.29, 0.717) is 10.0 Å². The Morgan fingerprint density at radius 3 is 2.39 bits per heavy atom. The Morgan fingerprint density at radius 2 is 2.06 bits per heavy atom. The predicted octanol–water partition coefficient (Wildman–Crippen LogP) is 1.46. The number of carbonyl (C=O) groups is 2. The molecule has 4 N–H and O–H groups in total. The van der Waals surface area contributed by atoms with Crippen molar-refractivity contribution >= 4 is 28.3 Å². The van der Waals surface area contributed by atoms with E-state index in [2.05, 4.69) is 10.3 Å². The number of nitrogens with one attached hydrogen (secondary N) is 1. The van der Waals surface area contributed by atoms with E-state index in [1.165, 1.54) is 11.3 Å². The minimum absolute atomic E-state index is 0.00178. The van der Waals surface area contributed by atoms with Gasteiger partial charge in [-0.15, -0.1) is 11.3 Å². The Bertz CT molecular complexity index is 484. The fourth-order valence-corrected chi connectivity index (χ4v) is 2.28. The third kappa shape index (κ3) is 2.61. The van der Waals surface area contributed by atoms with E-state index in [-0.39, 0.29) is 11.6 Å². The smallest absolute Gasteiger partial charge is 0.355 e. The SMILES string of the molecule is Cc1sc(NC(C)(C(N)=O)C(C)C)nc1C(=O)O. The van der Waals surface area contributed by atoms with Crippen LogP contribution in [0.1, 0.15) is 36.1 Å². The Kier molecular flexibility index (Phi) is 3.95. The molecule has 0 bridgehead atoms. The first kappa shape index (κ1) is 14.4. The van der Waals surface area contributed by atoms with Gasteiger partial charge in [0.1, 0.15) is 5.54 Å². The third-order valence-corrected chi connectivity index (χ3v) is 3.92. The summed E-state index contributed by atoms with van der Waals surface area (Å²) in [7, 11) is 0. The Morgan fingerprint density at radius 1 is 1.50 bits per heavy atom. The van der Waals surface area contributed by atoms with Gasteiger partial charge in [0.15, 0.2) is 10.8 Å². The van der Waals surface area contributed by atoms with Crippen LogP contribution in [0.25, 0.3) is 0 Å². The van der Waals surface area contributed by atoms with Crippen LogP contribution in [0.3, 0.4) is 0 Å². The number of carboxylic acid groups (broad SMARTS) is 1. The second kappa shape index (κ2) is 4.93. The zero-order valence-corrected chi connectivity index (χ0v) is 11.6. The molecule has 1 rings (SSSR count). The number of hydrogen-bond donors (Lipinski definition) is 3. The Hall–Kier alpha value is -1.63. The Balaban J connectivity index is 3.06. The summed E-state index contributed by atoms with van der Waals surface area (Å²) in [5.74, 6) is -1.63. The lowest BCUT2D eigenvalue weighted by Crippen LogP contribution is -2.51. The van der Waals surface area contributed by atoms with Crippen LogP contribution in [0.2, 0.25) is 0 Å². The number of nitrogens with two attached hydrogens (primary N) is 1. The van der Waals surface area contributed by atoms with E-state index >= 15 is 0 Å². The van der Waals surface area contributed by atoms with Crippen LogP contribution in [0.5, 0.6) is 0 Å². The van der Waals surface area contributed by atoms with E-state index < -0.39 is 17.4 Å². The van der Waals surface area contributed by atoms with Crippen molar-refractivity contribution in [2.45, 2.75) is 33.2 Å². The van der Waals surface area contributed by atoms with Gasteiger partial charge in [-0.2, -0.15) is 0 Å². The van der Waals surface area contributed by atoms with Gasteiger partial charge in [0.2, 0.25) is 5.91 Å². The lowest BCUT2D eigenvalue weighted by atomic mass is 9.88. The van der Waals surface area contributed by atoms with Crippen LogP contribution in [0.15, 0.2) is 0 Å². The molecule has 18 heavy (non-hydrogen) atoms. The molecule has 1 amide bonds. The lowest BCUT2D eigenvalue weighted by Gasteiger charge is -2.31. The Labute approximate surface area is 109 Å². The van der Waals surface area contributed by atoms with Crippen molar-refractivity contribution < 1.29 is 14.7 Å². The maximum atomic E-state index is 11.5. The topological polar surface area (TPSA) is 105 Å². The zero-order chi connectivity index (χ0) is 14.1. The molecule has 0 radical (unpaired) electrons. The number of carboxylic acids is 1. The van der Waals surface area contributed by atoms with Crippen molar-refractivity contribution in [2.24, 2.45) is 11.7 Å². The van der Waals surface area contributed by atoms with Gasteiger partial charge in [0, 0.05) is 4.88 Å². The van der Waals surface area contributed by atoms with Crippen LogP contribution < -0.4 is 11.1 Å². The van der Waals surface area contributed by atoms with Gasteiger partial charge in [-0.25, -0.2) is 9.78 Å². The molecule has 0 aliphatic heterocycles. The highest BCUT2D eigenvalue weighted by atomic mass is 32.1. The third-order valence-electron chi connectivity index (χ3n) is 3.03. The fourth-order valence-electron chi connectivity index (χ4n) is 1.36. The number of carbonyl (C=O) groups excluding carboxylic acids is 1. The largest absolute Gasteiger partial charge is 0.476 e. The normalized spacial score (nSPS) is 14.3. The van der Waals surface area contributed by atoms with Crippen LogP contribution in [0.4, 0.5) is 5.13 Å². The molecule has 0 aliphatic rings. The number of nitrogens with zero attached hydrogens (tertiary/aromatic N) is 1. The number of amides is 1. The first-order valence-corrected chi connectivity index (χ1v) is 6.29. The van der Waals surface area contributed by atoms with E-state index in [0.717, 1.165) is 0 Å². The zero-order valence-electron chi connectivity index (χ0n) is 10.8. The van der Waals surface area contributed by atoms with Gasteiger partial charge in [-0.3, -0.25) is 4.79 Å². The standard InChI is InChI=1S/C11H17N3O3S/c1-5(2)11(4,9(12)17)14-10-13-7(8(15)16)6(3)18-10/h5H,1-4H3,(H2,12,17)(H,13,14)(H,15,16).